The quantitative estimate of drug-likeness (QED) is 0.0373. The molecule has 0 aliphatic rings. The Labute approximate surface area is 516 Å². The number of carbonyl (C=O) groups excluding carboxylic acids is 2. The summed E-state index contributed by atoms with van der Waals surface area (Å²) >= 11 is -3.55. The van der Waals surface area contributed by atoms with Gasteiger partial charge < -0.3 is 9.64 Å². The first-order valence-electron chi connectivity index (χ1n) is 29.8. The van der Waals surface area contributed by atoms with Crippen molar-refractivity contribution in [1.29, 1.82) is 0 Å². The molecule has 10 rings (SSSR count). The maximum absolute atomic E-state index is 15.3. The fourth-order valence-corrected chi connectivity index (χ4v) is 32.6. The van der Waals surface area contributed by atoms with Crippen LogP contribution in [0.1, 0.15) is 102 Å². The van der Waals surface area contributed by atoms with Crippen LogP contribution < -0.4 is 13.5 Å². The number of nitrogens with zero attached hydrogens (tertiary/aromatic N) is 6. The molecule has 0 aliphatic heterocycles. The van der Waals surface area contributed by atoms with Crippen molar-refractivity contribution in [2.75, 3.05) is 24.0 Å². The standard InChI is InChI=1S/C29H25N3O4S.C29H24N3O4S.3C4H9.Sn/c2*1-36-29(33)26-19-30-28(27-25(26)17-18-32(27)37(34,35)24-15-9-4-10-16-24)31(20-22-11-5-2-6-12-22)21-23-13-7-3-8-14-23;3*1-3-4-2;/h2-19H,20-21H2,1H3;2-17,19H,20-21H2,1H3;3*1,3-4H2,2H3;. The number of carbonyl (C=O) groups is 2. The Morgan fingerprint density at radius 3 is 1.17 bits per heavy atom. The summed E-state index contributed by atoms with van der Waals surface area (Å²) in [6.07, 6.45) is 10.8. The Balaban J connectivity index is 0.000000217. The molecular formula is C70H76N6O8S2Sn. The van der Waals surface area contributed by atoms with Crippen LogP contribution >= 0.6 is 0 Å². The Morgan fingerprint density at radius 2 is 0.805 bits per heavy atom. The average molecular weight is 1310 g/mol. The van der Waals surface area contributed by atoms with Crippen LogP contribution in [0.5, 0.6) is 0 Å². The van der Waals surface area contributed by atoms with E-state index in [0.717, 1.165) is 77.8 Å². The molecule has 0 fully saturated rings. The summed E-state index contributed by atoms with van der Waals surface area (Å²) in [6.45, 7) is 8.60. The fourth-order valence-electron chi connectivity index (χ4n) is 11.4. The van der Waals surface area contributed by atoms with E-state index in [0.29, 0.717) is 59.6 Å². The summed E-state index contributed by atoms with van der Waals surface area (Å²) in [5, 5.41) is 1.04. The van der Waals surface area contributed by atoms with Crippen molar-refractivity contribution in [3.8, 4) is 0 Å². The molecule has 0 N–H and O–H groups in total. The van der Waals surface area contributed by atoms with Crippen molar-refractivity contribution in [2.45, 2.75) is 109 Å². The molecule has 10 aromatic rings. The van der Waals surface area contributed by atoms with Gasteiger partial charge in [0.1, 0.15) is 5.52 Å². The van der Waals surface area contributed by atoms with Crippen molar-refractivity contribution in [1.82, 2.24) is 17.9 Å². The normalized spacial score (nSPS) is 11.7. The van der Waals surface area contributed by atoms with Gasteiger partial charge in [-0.05, 0) is 29.3 Å². The second-order valence-electron chi connectivity index (χ2n) is 21.8. The number of aromatic nitrogens is 4. The van der Waals surface area contributed by atoms with Crippen LogP contribution in [0.2, 0.25) is 13.3 Å². The van der Waals surface area contributed by atoms with Gasteiger partial charge >= 0.3 is 310 Å². The summed E-state index contributed by atoms with van der Waals surface area (Å²) in [4.78, 5) is 40.2. The Morgan fingerprint density at radius 1 is 0.460 bits per heavy atom. The molecule has 0 saturated carbocycles. The van der Waals surface area contributed by atoms with Crippen LogP contribution in [-0.2, 0) is 55.7 Å². The van der Waals surface area contributed by atoms with Crippen LogP contribution in [0.15, 0.2) is 223 Å². The van der Waals surface area contributed by atoms with Gasteiger partial charge in [-0.25, -0.2) is 22.2 Å². The average Bonchev–Trinajstić information content (AvgIpc) is 1.67. The maximum Gasteiger partial charge on any atom is 0.340 e. The minimum atomic E-state index is -4.11. The predicted octanol–water partition coefficient (Wildman–Crippen LogP) is 14.6. The molecular weight excluding hydrogens is 1240 g/mol. The zero-order valence-electron chi connectivity index (χ0n) is 50.2. The van der Waals surface area contributed by atoms with Gasteiger partial charge in [-0.3, -0.25) is 0 Å². The molecule has 4 aromatic heterocycles. The van der Waals surface area contributed by atoms with Crippen molar-refractivity contribution in [3.63, 3.8) is 0 Å². The third-order valence-electron chi connectivity index (χ3n) is 15.9. The molecule has 14 nitrogen and oxygen atoms in total. The minimum absolute atomic E-state index is 0.139. The van der Waals surface area contributed by atoms with Gasteiger partial charge in [-0.2, -0.15) is 0 Å². The smallest absolute Gasteiger partial charge is 0.340 e. The van der Waals surface area contributed by atoms with Gasteiger partial charge in [0, 0.05) is 30.9 Å². The molecule has 0 amide bonds. The van der Waals surface area contributed by atoms with Crippen LogP contribution in [0.3, 0.4) is 0 Å². The number of esters is 2. The number of methoxy groups -OCH3 is 2. The van der Waals surface area contributed by atoms with E-state index in [9.17, 15) is 18.0 Å². The molecule has 0 unspecified atom stereocenters. The summed E-state index contributed by atoms with van der Waals surface area (Å²) in [7, 11) is -5.43. The van der Waals surface area contributed by atoms with E-state index < -0.39 is 50.4 Å². The van der Waals surface area contributed by atoms with Gasteiger partial charge in [0.2, 0.25) is 0 Å². The van der Waals surface area contributed by atoms with Crippen molar-refractivity contribution < 1.29 is 35.9 Å². The van der Waals surface area contributed by atoms with E-state index in [1.807, 2.05) is 108 Å². The van der Waals surface area contributed by atoms with Gasteiger partial charge in [0.25, 0.3) is 10.0 Å². The summed E-state index contributed by atoms with van der Waals surface area (Å²) in [5.74, 6) is -0.131. The number of unbranched alkanes of at least 4 members (excludes halogenated alkanes) is 3. The number of benzene rings is 6. The molecule has 0 bridgehead atoms. The van der Waals surface area contributed by atoms with E-state index >= 15 is 8.42 Å². The molecule has 0 spiro atoms. The Bertz CT molecular complexity index is 4010. The van der Waals surface area contributed by atoms with E-state index in [2.05, 4.69) is 61.0 Å². The molecule has 0 aliphatic carbocycles. The van der Waals surface area contributed by atoms with E-state index in [4.69, 9.17) is 14.5 Å². The Hall–Kier alpha value is -8.06. The molecule has 4 heterocycles. The fraction of sp³-hybridized carbons (Fsp3) is 0.257. The first kappa shape index (κ1) is 63.4. The van der Waals surface area contributed by atoms with Gasteiger partial charge in [-0.1, -0.05) is 78.9 Å². The second kappa shape index (κ2) is 29.6. The SMILES string of the molecule is CCC[CH2][Sn]([CH2]CCC)([CH2]CCC)[c]1cc2c(C(=O)OC)cnc(N(Cc3ccccc3)Cc3ccccc3)c2n1S(=O)(=O)c1ccccc1.COC(=O)c1cnc(N(Cc2ccccc2)Cc2ccccc2)c2c1ccn2S(=O)(=O)c1ccccc1. The third-order valence-corrected chi connectivity index (χ3v) is 35.1. The zero-order chi connectivity index (χ0) is 61.4. The van der Waals surface area contributed by atoms with Gasteiger partial charge in [0.15, 0.2) is 5.82 Å². The van der Waals surface area contributed by atoms with Crippen LogP contribution in [0.4, 0.5) is 11.6 Å². The number of rotatable bonds is 26. The minimum Gasteiger partial charge on any atom is -0.465 e. The molecule has 6 aromatic carbocycles. The molecule has 0 radical (unpaired) electrons. The number of pyridine rings is 2. The monoisotopic (exact) mass is 1310 g/mol. The zero-order valence-corrected chi connectivity index (χ0v) is 54.7. The van der Waals surface area contributed by atoms with Crippen molar-refractivity contribution in [3.05, 3.63) is 246 Å². The van der Waals surface area contributed by atoms with Crippen molar-refractivity contribution >= 4 is 87.5 Å². The molecule has 17 heteroatoms. The van der Waals surface area contributed by atoms with Crippen molar-refractivity contribution in [2.24, 2.45) is 0 Å². The number of anilines is 2. The topological polar surface area (TPSA) is 163 Å². The maximum atomic E-state index is 15.3. The second-order valence-corrected chi connectivity index (χ2v) is 38.4. The number of hydrogen-bond donors (Lipinski definition) is 0. The van der Waals surface area contributed by atoms with Gasteiger partial charge in [-0.15, -0.1) is 0 Å². The van der Waals surface area contributed by atoms with Gasteiger partial charge in [0.05, 0.1) is 17.6 Å². The Kier molecular flexibility index (Phi) is 21.6. The number of ether oxygens (including phenoxy) is 2. The van der Waals surface area contributed by atoms with Crippen LogP contribution in [0.25, 0.3) is 21.8 Å². The molecule has 87 heavy (non-hydrogen) atoms. The van der Waals surface area contributed by atoms with Crippen LogP contribution in [-0.4, -0.2) is 79.3 Å². The summed E-state index contributed by atoms with van der Waals surface area (Å²) in [5.41, 5.74) is 5.48. The largest absolute Gasteiger partial charge is 0.465 e. The predicted molar refractivity (Wildman–Crippen MR) is 350 cm³/mol. The molecule has 0 saturated heterocycles. The van der Waals surface area contributed by atoms with E-state index in [1.54, 1.807) is 70.8 Å². The molecule has 0 atom stereocenters. The first-order valence-corrected chi connectivity index (χ1v) is 40.1. The molecule has 450 valence electrons. The van der Waals surface area contributed by atoms with Crippen LogP contribution in [0, 0.1) is 0 Å². The number of hydrogen-bond acceptors (Lipinski definition) is 12. The summed E-state index contributed by atoms with van der Waals surface area (Å²) < 4.78 is 75.3. The van der Waals surface area contributed by atoms with E-state index in [-0.39, 0.29) is 20.9 Å². The number of fused-ring (bicyclic) bond motifs is 2. The third kappa shape index (κ3) is 14.5. The van der Waals surface area contributed by atoms with E-state index in [1.165, 1.54) is 30.6 Å². The summed E-state index contributed by atoms with van der Waals surface area (Å²) in [6, 6.07) is 60.8. The first-order chi connectivity index (χ1) is 42.3.